The standard InChI is InChI=1S/C14H17N5OS/c20-13(11-8-16-19-4-2-1-3-12(11)19)15-7-10-9-18-5-6-21-14(18)17-10/h8-9H,1-7H2,(H,15,20). The number of fused-ring (bicyclic) bond motifs is 2. The fraction of sp³-hybridized carbons (Fsp3) is 0.500. The summed E-state index contributed by atoms with van der Waals surface area (Å²) in [5, 5.41) is 8.33. The molecule has 1 amide bonds. The normalized spacial score (nSPS) is 16.6. The molecule has 0 spiro atoms. The molecule has 0 fully saturated rings. The molecule has 4 rings (SSSR count). The highest BCUT2D eigenvalue weighted by Crippen LogP contribution is 2.24. The van der Waals surface area contributed by atoms with Crippen molar-refractivity contribution < 1.29 is 4.79 Å². The van der Waals surface area contributed by atoms with E-state index < -0.39 is 0 Å². The first-order valence-corrected chi connectivity index (χ1v) is 8.31. The zero-order chi connectivity index (χ0) is 14.2. The second-order valence-electron chi connectivity index (χ2n) is 5.42. The van der Waals surface area contributed by atoms with Crippen LogP contribution in [0.3, 0.4) is 0 Å². The van der Waals surface area contributed by atoms with E-state index in [1.54, 1.807) is 18.0 Å². The van der Waals surface area contributed by atoms with E-state index in [1.165, 1.54) is 0 Å². The number of carbonyl (C=O) groups is 1. The van der Waals surface area contributed by atoms with E-state index in [1.807, 2.05) is 10.9 Å². The third-order valence-corrected chi connectivity index (χ3v) is 4.98. The van der Waals surface area contributed by atoms with Crippen LogP contribution in [0.2, 0.25) is 0 Å². The Hall–Kier alpha value is -1.76. The Labute approximate surface area is 126 Å². The first-order valence-electron chi connectivity index (χ1n) is 7.33. The quantitative estimate of drug-likeness (QED) is 0.932. The van der Waals surface area contributed by atoms with Gasteiger partial charge in [0.05, 0.1) is 29.7 Å². The van der Waals surface area contributed by atoms with Gasteiger partial charge in [-0.2, -0.15) is 5.10 Å². The molecule has 0 unspecified atom stereocenters. The number of thioether (sulfide) groups is 1. The van der Waals surface area contributed by atoms with Crippen LogP contribution in [-0.2, 0) is 26.1 Å². The maximum atomic E-state index is 12.3. The van der Waals surface area contributed by atoms with Crippen LogP contribution in [0.4, 0.5) is 0 Å². The molecule has 0 saturated heterocycles. The van der Waals surface area contributed by atoms with Crippen LogP contribution >= 0.6 is 11.8 Å². The number of amides is 1. The lowest BCUT2D eigenvalue weighted by atomic mass is 10.1. The fourth-order valence-corrected chi connectivity index (χ4v) is 3.89. The Morgan fingerprint density at radius 3 is 3.24 bits per heavy atom. The van der Waals surface area contributed by atoms with Gasteiger partial charge in [0, 0.05) is 25.0 Å². The molecular weight excluding hydrogens is 286 g/mol. The molecular formula is C14H17N5OS. The van der Waals surface area contributed by atoms with Crippen molar-refractivity contribution in [1.29, 1.82) is 0 Å². The van der Waals surface area contributed by atoms with Crippen LogP contribution < -0.4 is 5.32 Å². The summed E-state index contributed by atoms with van der Waals surface area (Å²) in [7, 11) is 0. The van der Waals surface area contributed by atoms with E-state index in [0.29, 0.717) is 6.54 Å². The topological polar surface area (TPSA) is 64.7 Å². The van der Waals surface area contributed by atoms with Gasteiger partial charge in [-0.3, -0.25) is 9.48 Å². The summed E-state index contributed by atoms with van der Waals surface area (Å²) in [6.07, 6.45) is 6.95. The van der Waals surface area contributed by atoms with Crippen LogP contribution in [0.25, 0.3) is 0 Å². The molecule has 4 heterocycles. The summed E-state index contributed by atoms with van der Waals surface area (Å²) in [6, 6.07) is 0. The van der Waals surface area contributed by atoms with E-state index in [9.17, 15) is 4.79 Å². The molecule has 0 aliphatic carbocycles. The van der Waals surface area contributed by atoms with E-state index in [0.717, 1.165) is 60.2 Å². The van der Waals surface area contributed by atoms with E-state index in [-0.39, 0.29) is 5.91 Å². The molecule has 110 valence electrons. The average Bonchev–Trinajstić information content (AvgIpc) is 3.18. The van der Waals surface area contributed by atoms with Gasteiger partial charge < -0.3 is 9.88 Å². The summed E-state index contributed by atoms with van der Waals surface area (Å²) in [4.78, 5) is 16.8. The Morgan fingerprint density at radius 1 is 1.38 bits per heavy atom. The zero-order valence-electron chi connectivity index (χ0n) is 11.7. The number of carbonyl (C=O) groups excluding carboxylic acids is 1. The Kier molecular flexibility index (Phi) is 3.21. The number of nitrogens with one attached hydrogen (secondary N) is 1. The summed E-state index contributed by atoms with van der Waals surface area (Å²) in [5.74, 6) is 1.05. The van der Waals surface area contributed by atoms with Crippen LogP contribution in [-0.4, -0.2) is 31.0 Å². The lowest BCUT2D eigenvalue weighted by molar-refractivity contribution is 0.0949. The van der Waals surface area contributed by atoms with Gasteiger partial charge in [-0.05, 0) is 19.3 Å². The van der Waals surface area contributed by atoms with Crippen molar-refractivity contribution in [3.63, 3.8) is 0 Å². The largest absolute Gasteiger partial charge is 0.346 e. The predicted octanol–water partition coefficient (Wildman–Crippen LogP) is 1.45. The predicted molar refractivity (Wildman–Crippen MR) is 79.3 cm³/mol. The number of rotatable bonds is 3. The molecule has 6 nitrogen and oxygen atoms in total. The van der Waals surface area contributed by atoms with Crippen molar-refractivity contribution >= 4 is 17.7 Å². The highest BCUT2D eigenvalue weighted by molar-refractivity contribution is 7.99. The SMILES string of the molecule is O=C(NCc1cn2c(n1)SCC2)c1cnn2c1CCCC2. The monoisotopic (exact) mass is 303 g/mol. The van der Waals surface area contributed by atoms with Crippen molar-refractivity contribution in [3.05, 3.63) is 29.3 Å². The third kappa shape index (κ3) is 2.35. The van der Waals surface area contributed by atoms with Gasteiger partial charge in [0.2, 0.25) is 0 Å². The molecule has 7 heteroatoms. The van der Waals surface area contributed by atoms with Gasteiger partial charge >= 0.3 is 0 Å². The Morgan fingerprint density at radius 2 is 2.33 bits per heavy atom. The molecule has 0 saturated carbocycles. The van der Waals surface area contributed by atoms with Crippen molar-refractivity contribution in [1.82, 2.24) is 24.6 Å². The first kappa shape index (κ1) is 12.9. The summed E-state index contributed by atoms with van der Waals surface area (Å²) in [6.45, 7) is 2.41. The maximum absolute atomic E-state index is 12.3. The van der Waals surface area contributed by atoms with Gasteiger partial charge in [-0.1, -0.05) is 11.8 Å². The second kappa shape index (κ2) is 5.22. The number of aryl methyl sites for hydroxylation is 2. The van der Waals surface area contributed by atoms with Crippen LogP contribution in [0, 0.1) is 0 Å². The van der Waals surface area contributed by atoms with Gasteiger partial charge in [0.1, 0.15) is 0 Å². The van der Waals surface area contributed by atoms with Crippen molar-refractivity contribution in [2.45, 2.75) is 44.1 Å². The molecule has 0 aromatic carbocycles. The minimum absolute atomic E-state index is 0.0426. The molecule has 2 aliphatic heterocycles. The van der Waals surface area contributed by atoms with E-state index in [2.05, 4.69) is 20.0 Å². The number of hydrogen-bond donors (Lipinski definition) is 1. The minimum Gasteiger partial charge on any atom is -0.346 e. The van der Waals surface area contributed by atoms with Crippen molar-refractivity contribution in [2.75, 3.05) is 5.75 Å². The lowest BCUT2D eigenvalue weighted by Crippen LogP contribution is -2.25. The Balaban J connectivity index is 1.44. The molecule has 0 radical (unpaired) electrons. The summed E-state index contributed by atoms with van der Waals surface area (Å²) in [5.41, 5.74) is 2.71. The average molecular weight is 303 g/mol. The number of hydrogen-bond acceptors (Lipinski definition) is 4. The van der Waals surface area contributed by atoms with Crippen molar-refractivity contribution in [3.8, 4) is 0 Å². The van der Waals surface area contributed by atoms with Gasteiger partial charge in [-0.15, -0.1) is 0 Å². The van der Waals surface area contributed by atoms with Gasteiger partial charge in [0.25, 0.3) is 5.91 Å². The van der Waals surface area contributed by atoms with E-state index in [4.69, 9.17) is 0 Å². The third-order valence-electron chi connectivity index (χ3n) is 4.01. The maximum Gasteiger partial charge on any atom is 0.255 e. The van der Waals surface area contributed by atoms with Gasteiger partial charge in [-0.25, -0.2) is 4.98 Å². The smallest absolute Gasteiger partial charge is 0.255 e. The second-order valence-corrected chi connectivity index (χ2v) is 6.49. The molecule has 1 N–H and O–H groups in total. The van der Waals surface area contributed by atoms with Crippen LogP contribution in [0.1, 0.15) is 34.6 Å². The highest BCUT2D eigenvalue weighted by Gasteiger charge is 2.20. The first-order chi connectivity index (χ1) is 10.3. The van der Waals surface area contributed by atoms with Crippen molar-refractivity contribution in [2.24, 2.45) is 0 Å². The number of nitrogens with zero attached hydrogens (tertiary/aromatic N) is 4. The lowest BCUT2D eigenvalue weighted by Gasteiger charge is -2.14. The molecule has 2 aromatic rings. The number of imidazole rings is 1. The van der Waals surface area contributed by atoms with Crippen LogP contribution in [0.5, 0.6) is 0 Å². The Bertz CT molecular complexity index is 668. The molecule has 0 bridgehead atoms. The summed E-state index contributed by atoms with van der Waals surface area (Å²) >= 11 is 1.77. The zero-order valence-corrected chi connectivity index (χ0v) is 12.5. The molecule has 2 aliphatic rings. The van der Waals surface area contributed by atoms with E-state index >= 15 is 0 Å². The summed E-state index contributed by atoms with van der Waals surface area (Å²) < 4.78 is 4.11. The number of aromatic nitrogens is 4. The molecule has 2 aromatic heterocycles. The van der Waals surface area contributed by atoms with Gasteiger partial charge in [0.15, 0.2) is 5.16 Å². The molecule has 0 atom stereocenters. The minimum atomic E-state index is -0.0426. The van der Waals surface area contributed by atoms with Crippen LogP contribution in [0.15, 0.2) is 17.6 Å². The fourth-order valence-electron chi connectivity index (χ4n) is 2.92. The highest BCUT2D eigenvalue weighted by atomic mass is 32.2. The molecule has 21 heavy (non-hydrogen) atoms.